The molecule has 2 rings (SSSR count). The van der Waals surface area contributed by atoms with E-state index in [1.807, 2.05) is 24.3 Å². The van der Waals surface area contributed by atoms with Crippen LogP contribution >= 0.6 is 12.6 Å². The summed E-state index contributed by atoms with van der Waals surface area (Å²) in [5, 5.41) is 2.90. The summed E-state index contributed by atoms with van der Waals surface area (Å²) in [6, 6.07) is 7.66. The van der Waals surface area contributed by atoms with Crippen LogP contribution in [0.25, 0.3) is 0 Å². The quantitative estimate of drug-likeness (QED) is 0.625. The average Bonchev–Trinajstić information content (AvgIpc) is 2.47. The van der Waals surface area contributed by atoms with Gasteiger partial charge < -0.3 is 10.1 Å². The van der Waals surface area contributed by atoms with Crippen LogP contribution in [0.15, 0.2) is 29.2 Å². The van der Waals surface area contributed by atoms with Crippen molar-refractivity contribution in [1.82, 2.24) is 5.32 Å². The Morgan fingerprint density at radius 2 is 1.90 bits per heavy atom. The fraction of sp³-hybridized carbons (Fsp3) is 0.562. The lowest BCUT2D eigenvalue weighted by molar-refractivity contribution is -0.120. The summed E-state index contributed by atoms with van der Waals surface area (Å²) in [5.41, 5.74) is 1.01. The number of nitrogens with one attached hydrogen (secondary N) is 1. The van der Waals surface area contributed by atoms with Crippen molar-refractivity contribution >= 4 is 18.5 Å². The minimum Gasteiger partial charge on any atom is -0.376 e. The zero-order valence-corrected chi connectivity index (χ0v) is 12.7. The monoisotopic (exact) mass is 293 g/mol. The highest BCUT2D eigenvalue weighted by Gasteiger charge is 2.13. The van der Waals surface area contributed by atoms with Crippen LogP contribution in [0.4, 0.5) is 0 Å². The van der Waals surface area contributed by atoms with Crippen LogP contribution in [0.2, 0.25) is 0 Å². The molecular formula is C16H23NO2S. The van der Waals surface area contributed by atoms with Gasteiger partial charge in [-0.2, -0.15) is 0 Å². The maximum Gasteiger partial charge on any atom is 0.224 e. The third kappa shape index (κ3) is 5.55. The fourth-order valence-electron chi connectivity index (χ4n) is 2.51. The average molecular weight is 293 g/mol. The van der Waals surface area contributed by atoms with Gasteiger partial charge in [0.15, 0.2) is 0 Å². The van der Waals surface area contributed by atoms with Crippen molar-refractivity contribution < 1.29 is 9.53 Å². The van der Waals surface area contributed by atoms with E-state index in [1.165, 1.54) is 32.1 Å². The Hall–Kier alpha value is -1.00. The van der Waals surface area contributed by atoms with Crippen molar-refractivity contribution in [2.24, 2.45) is 0 Å². The number of ether oxygens (including phenoxy) is 1. The Balaban J connectivity index is 1.59. The van der Waals surface area contributed by atoms with E-state index in [0.29, 0.717) is 25.7 Å². The van der Waals surface area contributed by atoms with E-state index in [4.69, 9.17) is 4.74 Å². The minimum atomic E-state index is 0.0455. The van der Waals surface area contributed by atoms with Gasteiger partial charge in [-0.1, -0.05) is 31.4 Å². The lowest BCUT2D eigenvalue weighted by Crippen LogP contribution is -2.30. The Labute approximate surface area is 126 Å². The molecule has 0 radical (unpaired) electrons. The van der Waals surface area contributed by atoms with Gasteiger partial charge in [0.05, 0.1) is 19.1 Å². The first-order valence-corrected chi connectivity index (χ1v) is 7.85. The molecule has 1 N–H and O–H groups in total. The minimum absolute atomic E-state index is 0.0455. The van der Waals surface area contributed by atoms with Gasteiger partial charge in [-0.15, -0.1) is 12.6 Å². The number of thiol groups is 1. The molecule has 1 saturated carbocycles. The summed E-state index contributed by atoms with van der Waals surface area (Å²) in [6.07, 6.45) is 7.05. The zero-order chi connectivity index (χ0) is 14.2. The van der Waals surface area contributed by atoms with Gasteiger partial charge in [0.2, 0.25) is 5.91 Å². The predicted molar refractivity (Wildman–Crippen MR) is 83.2 cm³/mol. The molecule has 0 saturated heterocycles. The number of hydrogen-bond donors (Lipinski definition) is 2. The van der Waals surface area contributed by atoms with Crippen LogP contribution < -0.4 is 5.32 Å². The number of rotatable bonds is 6. The summed E-state index contributed by atoms with van der Waals surface area (Å²) in [4.78, 5) is 12.7. The van der Waals surface area contributed by atoms with Crippen LogP contribution in [-0.4, -0.2) is 25.2 Å². The van der Waals surface area contributed by atoms with Crippen molar-refractivity contribution in [1.29, 1.82) is 0 Å². The van der Waals surface area contributed by atoms with Crippen LogP contribution in [0.1, 0.15) is 37.7 Å². The van der Waals surface area contributed by atoms with E-state index in [9.17, 15) is 4.79 Å². The Bertz CT molecular complexity index is 413. The van der Waals surface area contributed by atoms with E-state index < -0.39 is 0 Å². The van der Waals surface area contributed by atoms with Gasteiger partial charge in [0.1, 0.15) is 0 Å². The number of carbonyl (C=O) groups excluding carboxylic acids is 1. The molecule has 0 aromatic heterocycles. The van der Waals surface area contributed by atoms with E-state index in [0.717, 1.165) is 10.5 Å². The van der Waals surface area contributed by atoms with E-state index >= 15 is 0 Å². The molecule has 1 fully saturated rings. The highest BCUT2D eigenvalue weighted by molar-refractivity contribution is 7.80. The smallest absolute Gasteiger partial charge is 0.224 e. The first-order chi connectivity index (χ1) is 9.74. The summed E-state index contributed by atoms with van der Waals surface area (Å²) >= 11 is 4.22. The molecule has 110 valence electrons. The SMILES string of the molecule is O=C(Cc1ccc(S)cc1)NCCOC1CCCCC1. The van der Waals surface area contributed by atoms with Crippen molar-refractivity contribution in [3.63, 3.8) is 0 Å². The first-order valence-electron chi connectivity index (χ1n) is 7.40. The van der Waals surface area contributed by atoms with Crippen LogP contribution in [-0.2, 0) is 16.0 Å². The number of benzene rings is 1. The van der Waals surface area contributed by atoms with E-state index in [-0.39, 0.29) is 5.91 Å². The Morgan fingerprint density at radius 1 is 1.20 bits per heavy atom. The van der Waals surface area contributed by atoms with Crippen LogP contribution in [0.3, 0.4) is 0 Å². The third-order valence-electron chi connectivity index (χ3n) is 3.63. The molecule has 4 heteroatoms. The van der Waals surface area contributed by atoms with E-state index in [2.05, 4.69) is 17.9 Å². The molecule has 0 bridgehead atoms. The van der Waals surface area contributed by atoms with Gasteiger partial charge in [-0.25, -0.2) is 0 Å². The van der Waals surface area contributed by atoms with Gasteiger partial charge in [0.25, 0.3) is 0 Å². The summed E-state index contributed by atoms with van der Waals surface area (Å²) in [5.74, 6) is 0.0455. The lowest BCUT2D eigenvalue weighted by Gasteiger charge is -2.21. The van der Waals surface area contributed by atoms with E-state index in [1.54, 1.807) is 0 Å². The molecule has 1 aliphatic carbocycles. The Morgan fingerprint density at radius 3 is 2.60 bits per heavy atom. The van der Waals surface area contributed by atoms with Crippen LogP contribution in [0, 0.1) is 0 Å². The summed E-state index contributed by atoms with van der Waals surface area (Å²) in [7, 11) is 0. The summed E-state index contributed by atoms with van der Waals surface area (Å²) in [6.45, 7) is 1.21. The second kappa shape index (κ2) is 8.32. The number of carbonyl (C=O) groups is 1. The van der Waals surface area contributed by atoms with Gasteiger partial charge in [-0.05, 0) is 30.5 Å². The standard InChI is InChI=1S/C16H23NO2S/c18-16(12-13-6-8-15(20)9-7-13)17-10-11-19-14-4-2-1-3-5-14/h6-9,14,20H,1-5,10-12H2,(H,17,18). The Kier molecular flexibility index (Phi) is 6.40. The lowest BCUT2D eigenvalue weighted by atomic mass is 9.98. The summed E-state index contributed by atoms with van der Waals surface area (Å²) < 4.78 is 5.77. The molecular weight excluding hydrogens is 270 g/mol. The maximum absolute atomic E-state index is 11.8. The highest BCUT2D eigenvalue weighted by atomic mass is 32.1. The molecule has 0 spiro atoms. The molecule has 20 heavy (non-hydrogen) atoms. The molecule has 3 nitrogen and oxygen atoms in total. The molecule has 0 atom stereocenters. The highest BCUT2D eigenvalue weighted by Crippen LogP contribution is 2.19. The predicted octanol–water partition coefficient (Wildman–Crippen LogP) is 2.98. The first kappa shape index (κ1) is 15.4. The topological polar surface area (TPSA) is 38.3 Å². The molecule has 1 amide bonds. The fourth-order valence-corrected chi connectivity index (χ4v) is 2.66. The van der Waals surface area contributed by atoms with Gasteiger partial charge in [-0.3, -0.25) is 4.79 Å². The second-order valence-corrected chi connectivity index (χ2v) is 5.84. The van der Waals surface area contributed by atoms with Crippen LogP contribution in [0.5, 0.6) is 0 Å². The van der Waals surface area contributed by atoms with Gasteiger partial charge in [0, 0.05) is 11.4 Å². The second-order valence-electron chi connectivity index (χ2n) is 5.32. The van der Waals surface area contributed by atoms with Crippen molar-refractivity contribution in [2.45, 2.75) is 49.5 Å². The molecule has 1 aliphatic rings. The molecule has 0 aliphatic heterocycles. The third-order valence-corrected chi connectivity index (χ3v) is 3.93. The number of amides is 1. The largest absolute Gasteiger partial charge is 0.376 e. The van der Waals surface area contributed by atoms with Crippen molar-refractivity contribution in [2.75, 3.05) is 13.2 Å². The molecule has 0 unspecified atom stereocenters. The molecule has 0 heterocycles. The normalized spacial score (nSPS) is 16.1. The van der Waals surface area contributed by atoms with Crippen molar-refractivity contribution in [3.05, 3.63) is 29.8 Å². The van der Waals surface area contributed by atoms with Gasteiger partial charge >= 0.3 is 0 Å². The zero-order valence-electron chi connectivity index (χ0n) is 11.8. The molecule has 1 aromatic carbocycles. The number of hydrogen-bond acceptors (Lipinski definition) is 3. The van der Waals surface area contributed by atoms with Crippen molar-refractivity contribution in [3.8, 4) is 0 Å². The molecule has 1 aromatic rings. The maximum atomic E-state index is 11.8.